The van der Waals surface area contributed by atoms with Gasteiger partial charge < -0.3 is 15.1 Å². The van der Waals surface area contributed by atoms with Gasteiger partial charge in [-0.2, -0.15) is 0 Å². The Balaban J connectivity index is 2.06. The third-order valence-electron chi connectivity index (χ3n) is 4.10. The fourth-order valence-corrected chi connectivity index (χ4v) is 2.65. The number of anilines is 1. The Morgan fingerprint density at radius 1 is 1.23 bits per heavy atom. The first-order valence-electron chi connectivity index (χ1n) is 8.03. The number of carbonyl (C=O) groups excluding carboxylic acids is 2. The predicted octanol–water partition coefficient (Wildman–Crippen LogP) is 2.41. The fourth-order valence-electron chi connectivity index (χ4n) is 2.65. The molecule has 1 atom stereocenters. The average Bonchev–Trinajstić information content (AvgIpc) is 2.55. The van der Waals surface area contributed by atoms with Crippen LogP contribution in [-0.4, -0.2) is 42.5 Å². The largest absolute Gasteiger partial charge is 0.338 e. The van der Waals surface area contributed by atoms with Gasteiger partial charge in [0.1, 0.15) is 6.04 Å². The van der Waals surface area contributed by atoms with E-state index >= 15 is 0 Å². The Labute approximate surface area is 132 Å². The Hall–Kier alpha value is -2.04. The van der Waals surface area contributed by atoms with Crippen LogP contribution in [-0.2, 0) is 11.2 Å². The molecule has 1 aromatic rings. The molecule has 1 heterocycles. The van der Waals surface area contributed by atoms with E-state index in [0.29, 0.717) is 19.6 Å². The van der Waals surface area contributed by atoms with Crippen molar-refractivity contribution in [2.45, 2.75) is 39.7 Å². The second kappa shape index (κ2) is 7.29. The zero-order valence-corrected chi connectivity index (χ0v) is 13.6. The number of nitrogens with zero attached hydrogens (tertiary/aromatic N) is 2. The van der Waals surface area contributed by atoms with Gasteiger partial charge in [0.15, 0.2) is 0 Å². The molecule has 22 heavy (non-hydrogen) atoms. The van der Waals surface area contributed by atoms with Gasteiger partial charge in [-0.3, -0.25) is 4.79 Å². The van der Waals surface area contributed by atoms with E-state index in [0.717, 1.165) is 18.5 Å². The molecule has 1 fully saturated rings. The summed E-state index contributed by atoms with van der Waals surface area (Å²) in [6.07, 6.45) is 1.87. The number of hydrogen-bond acceptors (Lipinski definition) is 2. The van der Waals surface area contributed by atoms with Crippen molar-refractivity contribution in [2.75, 3.05) is 24.5 Å². The monoisotopic (exact) mass is 303 g/mol. The maximum absolute atomic E-state index is 12.6. The van der Waals surface area contributed by atoms with E-state index < -0.39 is 6.04 Å². The van der Waals surface area contributed by atoms with Gasteiger partial charge in [-0.15, -0.1) is 0 Å². The van der Waals surface area contributed by atoms with Crippen LogP contribution in [0.1, 0.15) is 32.8 Å². The molecule has 1 N–H and O–H groups in total. The second-order valence-corrected chi connectivity index (χ2v) is 5.61. The minimum atomic E-state index is -0.434. The highest BCUT2D eigenvalue weighted by molar-refractivity contribution is 6.00. The van der Waals surface area contributed by atoms with Crippen molar-refractivity contribution in [2.24, 2.45) is 0 Å². The Bertz CT molecular complexity index is 527. The van der Waals surface area contributed by atoms with Crippen LogP contribution in [0.5, 0.6) is 0 Å². The summed E-state index contributed by atoms with van der Waals surface area (Å²) in [5, 5.41) is 2.84. The van der Waals surface area contributed by atoms with Crippen LogP contribution in [0.4, 0.5) is 10.5 Å². The number of aryl methyl sites for hydroxylation is 1. The molecule has 0 aromatic heterocycles. The van der Waals surface area contributed by atoms with Gasteiger partial charge in [0.05, 0.1) is 0 Å². The molecule has 0 radical (unpaired) electrons. The minimum Gasteiger partial charge on any atom is -0.338 e. The number of rotatable bonds is 4. The zero-order valence-electron chi connectivity index (χ0n) is 13.6. The summed E-state index contributed by atoms with van der Waals surface area (Å²) in [7, 11) is 0. The van der Waals surface area contributed by atoms with Gasteiger partial charge in [-0.1, -0.05) is 26.0 Å². The van der Waals surface area contributed by atoms with E-state index in [2.05, 4.69) is 12.2 Å². The zero-order chi connectivity index (χ0) is 16.1. The molecule has 0 bridgehead atoms. The number of benzene rings is 1. The lowest BCUT2D eigenvalue weighted by Gasteiger charge is -2.39. The predicted molar refractivity (Wildman–Crippen MR) is 88.0 cm³/mol. The average molecular weight is 303 g/mol. The van der Waals surface area contributed by atoms with Crippen molar-refractivity contribution >= 4 is 17.6 Å². The topological polar surface area (TPSA) is 52.7 Å². The summed E-state index contributed by atoms with van der Waals surface area (Å²) >= 11 is 0. The summed E-state index contributed by atoms with van der Waals surface area (Å²) < 4.78 is 0. The summed E-state index contributed by atoms with van der Waals surface area (Å²) in [5.41, 5.74) is 2.16. The Morgan fingerprint density at radius 2 is 1.91 bits per heavy atom. The molecule has 1 saturated heterocycles. The molecule has 1 aliphatic heterocycles. The molecule has 3 amide bonds. The second-order valence-electron chi connectivity index (χ2n) is 5.61. The van der Waals surface area contributed by atoms with Crippen molar-refractivity contribution in [1.82, 2.24) is 10.2 Å². The maximum Gasteiger partial charge on any atom is 0.318 e. The molecule has 1 aliphatic rings. The van der Waals surface area contributed by atoms with Crippen LogP contribution in [0.15, 0.2) is 24.3 Å². The lowest BCUT2D eigenvalue weighted by molar-refractivity contribution is -0.124. The van der Waals surface area contributed by atoms with Crippen molar-refractivity contribution in [3.8, 4) is 0 Å². The molecule has 5 heteroatoms. The molecule has 0 spiro atoms. The first kappa shape index (κ1) is 16.3. The fraction of sp³-hybridized carbons (Fsp3) is 0.529. The highest BCUT2D eigenvalue weighted by Gasteiger charge is 2.34. The lowest BCUT2D eigenvalue weighted by atomic mass is 10.1. The van der Waals surface area contributed by atoms with Crippen LogP contribution in [0.2, 0.25) is 0 Å². The molecular formula is C17H25N3O2. The minimum absolute atomic E-state index is 0.0258. The van der Waals surface area contributed by atoms with Crippen molar-refractivity contribution in [1.29, 1.82) is 0 Å². The number of urea groups is 1. The van der Waals surface area contributed by atoms with Gasteiger partial charge in [0.2, 0.25) is 5.91 Å². The molecule has 0 saturated carbocycles. The lowest BCUT2D eigenvalue weighted by Crippen LogP contribution is -2.59. The standard InChI is InChI=1S/C17H25N3O2/c1-4-10-18-17(22)19-11-12-20(16(21)13(19)3)15-8-6-14(5-2)7-9-15/h6-9,13H,4-5,10-12H2,1-3H3,(H,18,22)/t13-/m0/s1. The van der Waals surface area contributed by atoms with Gasteiger partial charge in [0.25, 0.3) is 0 Å². The third kappa shape index (κ3) is 3.40. The molecular weight excluding hydrogens is 278 g/mol. The van der Waals surface area contributed by atoms with Crippen LogP contribution in [0.25, 0.3) is 0 Å². The molecule has 0 aliphatic carbocycles. The van der Waals surface area contributed by atoms with E-state index in [1.807, 2.05) is 31.2 Å². The van der Waals surface area contributed by atoms with Gasteiger partial charge >= 0.3 is 6.03 Å². The van der Waals surface area contributed by atoms with E-state index in [4.69, 9.17) is 0 Å². The Morgan fingerprint density at radius 3 is 2.50 bits per heavy atom. The highest BCUT2D eigenvalue weighted by atomic mass is 16.2. The number of piperazine rings is 1. The normalized spacial score (nSPS) is 18.5. The van der Waals surface area contributed by atoms with Gasteiger partial charge in [-0.25, -0.2) is 4.79 Å². The van der Waals surface area contributed by atoms with E-state index in [1.54, 1.807) is 16.7 Å². The van der Waals surface area contributed by atoms with Crippen molar-refractivity contribution in [3.63, 3.8) is 0 Å². The van der Waals surface area contributed by atoms with Crippen molar-refractivity contribution in [3.05, 3.63) is 29.8 Å². The number of amides is 3. The smallest absolute Gasteiger partial charge is 0.318 e. The summed E-state index contributed by atoms with van der Waals surface area (Å²) in [5.74, 6) is -0.0258. The molecule has 120 valence electrons. The summed E-state index contributed by atoms with van der Waals surface area (Å²) in [6, 6.07) is 7.48. The molecule has 5 nitrogen and oxygen atoms in total. The first-order valence-corrected chi connectivity index (χ1v) is 8.03. The quantitative estimate of drug-likeness (QED) is 0.928. The third-order valence-corrected chi connectivity index (χ3v) is 4.10. The highest BCUT2D eigenvalue weighted by Crippen LogP contribution is 2.21. The molecule has 2 rings (SSSR count). The maximum atomic E-state index is 12.6. The number of carbonyl (C=O) groups is 2. The SMILES string of the molecule is CCCNC(=O)N1CCN(c2ccc(CC)cc2)C(=O)[C@@H]1C. The van der Waals surface area contributed by atoms with Crippen LogP contribution in [0, 0.1) is 0 Å². The van der Waals surface area contributed by atoms with Gasteiger partial charge in [-0.05, 0) is 37.5 Å². The van der Waals surface area contributed by atoms with E-state index in [1.165, 1.54) is 5.56 Å². The van der Waals surface area contributed by atoms with Crippen LogP contribution in [0.3, 0.4) is 0 Å². The number of nitrogens with one attached hydrogen (secondary N) is 1. The van der Waals surface area contributed by atoms with Crippen molar-refractivity contribution < 1.29 is 9.59 Å². The van der Waals surface area contributed by atoms with Crippen LogP contribution >= 0.6 is 0 Å². The summed E-state index contributed by atoms with van der Waals surface area (Å²) in [4.78, 5) is 28.0. The van der Waals surface area contributed by atoms with E-state index in [9.17, 15) is 9.59 Å². The first-order chi connectivity index (χ1) is 10.6. The van der Waals surface area contributed by atoms with Crippen LogP contribution < -0.4 is 10.2 Å². The Kier molecular flexibility index (Phi) is 5.41. The molecule has 0 unspecified atom stereocenters. The van der Waals surface area contributed by atoms with Gasteiger partial charge in [0, 0.05) is 25.3 Å². The van der Waals surface area contributed by atoms with E-state index in [-0.39, 0.29) is 11.9 Å². The molecule has 1 aromatic carbocycles. The summed E-state index contributed by atoms with van der Waals surface area (Å²) in [6.45, 7) is 7.63. The number of hydrogen-bond donors (Lipinski definition) is 1.